The molecule has 0 unspecified atom stereocenters. The smallest absolute Gasteiger partial charge is 0.234 e. The van der Waals surface area contributed by atoms with Crippen molar-refractivity contribution in [1.82, 2.24) is 10.2 Å². The van der Waals surface area contributed by atoms with E-state index >= 15 is 0 Å². The van der Waals surface area contributed by atoms with Crippen molar-refractivity contribution in [3.05, 3.63) is 42.0 Å². The van der Waals surface area contributed by atoms with E-state index in [1.54, 1.807) is 0 Å². The van der Waals surface area contributed by atoms with E-state index in [0.717, 1.165) is 57.0 Å². The lowest BCUT2D eigenvalue weighted by atomic mass is 9.94. The fourth-order valence-corrected chi connectivity index (χ4v) is 4.66. The first-order chi connectivity index (χ1) is 16.7. The number of amides is 1. The summed E-state index contributed by atoms with van der Waals surface area (Å²) in [6.45, 7) is 6.53. The summed E-state index contributed by atoms with van der Waals surface area (Å²) in [6, 6.07) is 13.3. The lowest BCUT2D eigenvalue weighted by Crippen LogP contribution is -2.39. The van der Waals surface area contributed by atoms with Gasteiger partial charge in [0.15, 0.2) is 6.29 Å². The van der Waals surface area contributed by atoms with E-state index in [-0.39, 0.29) is 18.1 Å². The molecule has 2 aliphatic carbocycles. The molecule has 3 aliphatic rings. The summed E-state index contributed by atoms with van der Waals surface area (Å²) in [5.41, 5.74) is 1.28. The SMILES string of the molecule is CCN(CCCC1OCC(c2cccc3cc(OCC4CC4)ccc23)CO1)CC(=O)NC1CC1. The van der Waals surface area contributed by atoms with E-state index in [1.165, 1.54) is 29.2 Å². The second-order valence-corrected chi connectivity index (χ2v) is 10.1. The number of nitrogens with zero attached hydrogens (tertiary/aromatic N) is 1. The summed E-state index contributed by atoms with van der Waals surface area (Å²) in [5, 5.41) is 5.53. The third-order valence-electron chi connectivity index (χ3n) is 7.15. The quantitative estimate of drug-likeness (QED) is 0.500. The van der Waals surface area contributed by atoms with Gasteiger partial charge < -0.3 is 19.5 Å². The van der Waals surface area contributed by atoms with Gasteiger partial charge in [-0.15, -0.1) is 0 Å². The van der Waals surface area contributed by atoms with Crippen molar-refractivity contribution in [1.29, 1.82) is 0 Å². The van der Waals surface area contributed by atoms with Gasteiger partial charge in [-0.2, -0.15) is 0 Å². The third kappa shape index (κ3) is 6.49. The van der Waals surface area contributed by atoms with Crippen molar-refractivity contribution in [3.8, 4) is 5.75 Å². The highest BCUT2D eigenvalue weighted by Gasteiger charge is 2.26. The van der Waals surface area contributed by atoms with Crippen molar-refractivity contribution in [2.45, 2.75) is 63.7 Å². The third-order valence-corrected chi connectivity index (χ3v) is 7.15. The summed E-state index contributed by atoms with van der Waals surface area (Å²) < 4.78 is 18.2. The van der Waals surface area contributed by atoms with Gasteiger partial charge in [0, 0.05) is 12.0 Å². The van der Waals surface area contributed by atoms with Crippen LogP contribution in [0.4, 0.5) is 0 Å². The highest BCUT2D eigenvalue weighted by molar-refractivity contribution is 5.87. The molecule has 2 aromatic carbocycles. The van der Waals surface area contributed by atoms with Gasteiger partial charge in [-0.05, 0) is 86.0 Å². The Morgan fingerprint density at radius 1 is 1.12 bits per heavy atom. The number of rotatable bonds is 12. The van der Waals surface area contributed by atoms with Crippen molar-refractivity contribution in [2.24, 2.45) is 5.92 Å². The molecule has 2 aromatic rings. The van der Waals surface area contributed by atoms with Crippen molar-refractivity contribution >= 4 is 16.7 Å². The maximum Gasteiger partial charge on any atom is 0.234 e. The highest BCUT2D eigenvalue weighted by Crippen LogP contribution is 2.33. The van der Waals surface area contributed by atoms with Crippen molar-refractivity contribution in [2.75, 3.05) is 39.5 Å². The topological polar surface area (TPSA) is 60.0 Å². The Labute approximate surface area is 202 Å². The minimum Gasteiger partial charge on any atom is -0.493 e. The highest BCUT2D eigenvalue weighted by atomic mass is 16.7. The van der Waals surface area contributed by atoms with Gasteiger partial charge in [0.2, 0.25) is 5.91 Å². The second kappa shape index (κ2) is 11.1. The molecule has 2 saturated carbocycles. The summed E-state index contributed by atoms with van der Waals surface area (Å²) in [7, 11) is 0. The monoisotopic (exact) mass is 466 g/mol. The molecular formula is C28H38N2O4. The first-order valence-corrected chi connectivity index (χ1v) is 13.1. The molecule has 6 heteroatoms. The molecular weight excluding hydrogens is 428 g/mol. The molecule has 0 aromatic heterocycles. The number of carbonyl (C=O) groups excluding carboxylic acids is 1. The standard InChI is InChI=1S/C28H38N2O4/c1-2-30(16-27(31)29-23-10-11-23)14-4-7-28-33-18-22(19-34-28)25-6-3-5-21-15-24(12-13-26(21)25)32-17-20-8-9-20/h3,5-6,12-13,15,20,22-23,28H,2,4,7-11,14,16-19H2,1H3,(H,29,31). The van der Waals surface area contributed by atoms with E-state index in [2.05, 4.69) is 53.5 Å². The maximum atomic E-state index is 12.1. The van der Waals surface area contributed by atoms with Crippen molar-refractivity contribution in [3.63, 3.8) is 0 Å². The average molecular weight is 467 g/mol. The van der Waals surface area contributed by atoms with Gasteiger partial charge in [-0.1, -0.05) is 31.2 Å². The molecule has 5 rings (SSSR count). The predicted octanol–water partition coefficient (Wildman–Crippen LogP) is 4.47. The van der Waals surface area contributed by atoms with Crippen LogP contribution in [0.25, 0.3) is 10.8 Å². The van der Waals surface area contributed by atoms with Crippen LogP contribution >= 0.6 is 0 Å². The van der Waals surface area contributed by atoms with Gasteiger partial charge in [-0.25, -0.2) is 0 Å². The van der Waals surface area contributed by atoms with Crippen LogP contribution in [0.5, 0.6) is 5.75 Å². The van der Waals surface area contributed by atoms with E-state index in [9.17, 15) is 4.79 Å². The van der Waals surface area contributed by atoms with Crippen LogP contribution in [0, 0.1) is 5.92 Å². The molecule has 0 bridgehead atoms. The lowest BCUT2D eigenvalue weighted by Gasteiger charge is -2.31. The van der Waals surface area contributed by atoms with Crippen LogP contribution in [0.2, 0.25) is 0 Å². The minimum absolute atomic E-state index is 0.147. The van der Waals surface area contributed by atoms with Crippen LogP contribution in [-0.4, -0.2) is 62.6 Å². The Kier molecular flexibility index (Phi) is 7.67. The fourth-order valence-electron chi connectivity index (χ4n) is 4.66. The number of ether oxygens (including phenoxy) is 3. The Morgan fingerprint density at radius 2 is 1.94 bits per heavy atom. The zero-order chi connectivity index (χ0) is 23.3. The second-order valence-electron chi connectivity index (χ2n) is 10.1. The Hall–Kier alpha value is -2.15. The van der Waals surface area contributed by atoms with Crippen LogP contribution in [0.1, 0.15) is 56.9 Å². The summed E-state index contributed by atoms with van der Waals surface area (Å²) in [4.78, 5) is 14.3. The molecule has 1 N–H and O–H groups in total. The number of likely N-dealkylation sites (N-methyl/N-ethyl adjacent to an activating group) is 1. The minimum atomic E-state index is -0.160. The molecule has 0 radical (unpaired) electrons. The molecule has 1 aliphatic heterocycles. The number of carbonyl (C=O) groups is 1. The van der Waals surface area contributed by atoms with Gasteiger partial charge in [0.05, 0.1) is 26.4 Å². The number of hydrogen-bond acceptors (Lipinski definition) is 5. The van der Waals surface area contributed by atoms with E-state index in [4.69, 9.17) is 14.2 Å². The van der Waals surface area contributed by atoms with Crippen LogP contribution < -0.4 is 10.1 Å². The van der Waals surface area contributed by atoms with Gasteiger partial charge in [0.1, 0.15) is 5.75 Å². The number of nitrogens with one attached hydrogen (secondary N) is 1. The largest absolute Gasteiger partial charge is 0.493 e. The van der Waals surface area contributed by atoms with Gasteiger partial charge in [-0.3, -0.25) is 9.69 Å². The van der Waals surface area contributed by atoms with Crippen molar-refractivity contribution < 1.29 is 19.0 Å². The van der Waals surface area contributed by atoms with Gasteiger partial charge >= 0.3 is 0 Å². The van der Waals surface area contributed by atoms with Crippen LogP contribution in [-0.2, 0) is 14.3 Å². The van der Waals surface area contributed by atoms with E-state index in [0.29, 0.717) is 25.8 Å². The summed E-state index contributed by atoms with van der Waals surface area (Å²) in [6.07, 6.45) is 6.51. The summed E-state index contributed by atoms with van der Waals surface area (Å²) >= 11 is 0. The number of benzene rings is 2. The fraction of sp³-hybridized carbons (Fsp3) is 0.607. The molecule has 3 fully saturated rings. The van der Waals surface area contributed by atoms with Crippen LogP contribution in [0.15, 0.2) is 36.4 Å². The molecule has 184 valence electrons. The predicted molar refractivity (Wildman–Crippen MR) is 133 cm³/mol. The molecule has 1 saturated heterocycles. The first kappa shape index (κ1) is 23.6. The molecule has 6 nitrogen and oxygen atoms in total. The summed E-state index contributed by atoms with van der Waals surface area (Å²) in [5.74, 6) is 2.09. The maximum absolute atomic E-state index is 12.1. The average Bonchev–Trinajstić information content (AvgIpc) is 3.78. The zero-order valence-corrected chi connectivity index (χ0v) is 20.3. The molecule has 0 atom stereocenters. The van der Waals surface area contributed by atoms with E-state index in [1.807, 2.05) is 0 Å². The molecule has 0 spiro atoms. The lowest BCUT2D eigenvalue weighted by molar-refractivity contribution is -0.190. The molecule has 34 heavy (non-hydrogen) atoms. The number of hydrogen-bond donors (Lipinski definition) is 1. The molecule has 1 amide bonds. The normalized spacial score (nSPS) is 22.8. The Bertz CT molecular complexity index is 964. The first-order valence-electron chi connectivity index (χ1n) is 13.1. The van der Waals surface area contributed by atoms with E-state index < -0.39 is 0 Å². The number of fused-ring (bicyclic) bond motifs is 1. The Morgan fingerprint density at radius 3 is 2.68 bits per heavy atom. The zero-order valence-electron chi connectivity index (χ0n) is 20.3. The van der Waals surface area contributed by atoms with Crippen LogP contribution in [0.3, 0.4) is 0 Å². The van der Waals surface area contributed by atoms with Gasteiger partial charge in [0.25, 0.3) is 0 Å². The molecule has 1 heterocycles. The Balaban J connectivity index is 1.08.